The molecule has 1 aliphatic rings. The molecule has 1 aliphatic heterocycles. The van der Waals surface area contributed by atoms with E-state index in [2.05, 4.69) is 4.99 Å². The third-order valence-corrected chi connectivity index (χ3v) is 2.07. The van der Waals surface area contributed by atoms with Gasteiger partial charge < -0.3 is 0 Å². The summed E-state index contributed by atoms with van der Waals surface area (Å²) in [5.74, 6) is 0.272. The molecule has 1 amide bonds. The number of fused-ring (bicyclic) bond motifs is 1. The predicted molar refractivity (Wildman–Crippen MR) is 46.3 cm³/mol. The Labute approximate surface area is 74.2 Å². The maximum Gasteiger partial charge on any atom is 0.270 e. The van der Waals surface area contributed by atoms with Gasteiger partial charge in [-0.25, -0.2) is 4.99 Å². The molecule has 2 rings (SSSR count). The molecule has 1 heterocycles. The predicted octanol–water partition coefficient (Wildman–Crippen LogP) is 0.366. The maximum atomic E-state index is 10.8. The van der Waals surface area contributed by atoms with E-state index in [0.29, 0.717) is 5.88 Å². The number of halogens is 1. The summed E-state index contributed by atoms with van der Waals surface area (Å²) in [5.41, 5.74) is 0.988. The number of rotatable bonds is 1. The average Bonchev–Trinajstić information content (AvgIpc) is 2.43. The molecule has 3 heteroatoms. The van der Waals surface area contributed by atoms with Crippen LogP contribution >= 0.6 is 11.6 Å². The highest BCUT2D eigenvalue weighted by molar-refractivity contribution is 6.17. The first-order valence-corrected chi connectivity index (χ1v) is 4.12. The molecule has 0 saturated carbocycles. The minimum atomic E-state index is -0.184. The standard InChI is InChI=1S/C9H6ClNO/c10-5-6-1-2-7-4-9(12)11-8(7)3-6/h1-4H,5H2. The number of amides is 1. The topological polar surface area (TPSA) is 29.4 Å². The molecular formula is C9H6ClNO. The Balaban J connectivity index is 2.72. The van der Waals surface area contributed by atoms with Crippen LogP contribution in [0.2, 0.25) is 0 Å². The Morgan fingerprint density at radius 2 is 2.25 bits per heavy atom. The first-order chi connectivity index (χ1) is 5.79. The van der Waals surface area contributed by atoms with Gasteiger partial charge in [-0.2, -0.15) is 0 Å². The van der Waals surface area contributed by atoms with Crippen molar-refractivity contribution in [2.45, 2.75) is 5.88 Å². The molecule has 0 radical (unpaired) electrons. The summed E-state index contributed by atoms with van der Waals surface area (Å²) in [4.78, 5) is 14.7. The van der Waals surface area contributed by atoms with Crippen molar-refractivity contribution in [1.82, 2.24) is 0 Å². The van der Waals surface area contributed by atoms with Crippen LogP contribution < -0.4 is 10.6 Å². The van der Waals surface area contributed by atoms with E-state index >= 15 is 0 Å². The van der Waals surface area contributed by atoms with Gasteiger partial charge in [0.25, 0.3) is 5.91 Å². The quantitative estimate of drug-likeness (QED) is 0.573. The van der Waals surface area contributed by atoms with Crippen molar-refractivity contribution in [1.29, 1.82) is 0 Å². The van der Waals surface area contributed by atoms with Crippen LogP contribution in [0, 0.1) is 0 Å². The van der Waals surface area contributed by atoms with Gasteiger partial charge in [0.1, 0.15) is 0 Å². The summed E-state index contributed by atoms with van der Waals surface area (Å²) in [6, 6.07) is 5.60. The van der Waals surface area contributed by atoms with Gasteiger partial charge in [-0.05, 0) is 11.6 Å². The molecule has 1 aromatic rings. The van der Waals surface area contributed by atoms with Crippen molar-refractivity contribution in [2.75, 3.05) is 0 Å². The molecule has 0 saturated heterocycles. The van der Waals surface area contributed by atoms with E-state index in [1.165, 1.54) is 6.08 Å². The molecule has 0 spiro atoms. The first-order valence-electron chi connectivity index (χ1n) is 3.59. The molecule has 0 aromatic heterocycles. The lowest BCUT2D eigenvalue weighted by atomic mass is 10.2. The lowest BCUT2D eigenvalue weighted by Gasteiger charge is -1.90. The van der Waals surface area contributed by atoms with E-state index in [4.69, 9.17) is 11.6 Å². The van der Waals surface area contributed by atoms with Crippen molar-refractivity contribution < 1.29 is 4.79 Å². The van der Waals surface area contributed by atoms with Crippen LogP contribution in [0.25, 0.3) is 6.08 Å². The molecule has 60 valence electrons. The Hall–Kier alpha value is -1.15. The number of carbonyl (C=O) groups is 1. The maximum absolute atomic E-state index is 10.8. The second-order valence-electron chi connectivity index (χ2n) is 2.62. The van der Waals surface area contributed by atoms with Gasteiger partial charge in [0.15, 0.2) is 0 Å². The van der Waals surface area contributed by atoms with E-state index in [9.17, 15) is 4.79 Å². The third kappa shape index (κ3) is 1.14. The lowest BCUT2D eigenvalue weighted by molar-refractivity contribution is -0.112. The number of carbonyl (C=O) groups excluding carboxylic acids is 1. The van der Waals surface area contributed by atoms with Gasteiger partial charge in [0, 0.05) is 17.2 Å². The molecule has 0 N–H and O–H groups in total. The van der Waals surface area contributed by atoms with Crippen molar-refractivity contribution in [3.05, 3.63) is 34.3 Å². The Morgan fingerprint density at radius 1 is 1.42 bits per heavy atom. The SMILES string of the molecule is O=C1C=c2ccc(CCl)cc2=N1. The second kappa shape index (κ2) is 2.72. The van der Waals surface area contributed by atoms with Gasteiger partial charge in [-0.15, -0.1) is 11.6 Å². The first kappa shape index (κ1) is 7.50. The molecule has 0 atom stereocenters. The molecular weight excluding hydrogens is 174 g/mol. The van der Waals surface area contributed by atoms with Gasteiger partial charge >= 0.3 is 0 Å². The van der Waals surface area contributed by atoms with E-state index in [1.54, 1.807) is 0 Å². The molecule has 0 aliphatic carbocycles. The number of alkyl halides is 1. The summed E-state index contributed by atoms with van der Waals surface area (Å²) in [7, 11) is 0. The van der Waals surface area contributed by atoms with E-state index < -0.39 is 0 Å². The van der Waals surface area contributed by atoms with Crippen LogP contribution in [0.5, 0.6) is 0 Å². The normalized spacial score (nSPS) is 13.6. The molecule has 0 bridgehead atoms. The largest absolute Gasteiger partial charge is 0.270 e. The van der Waals surface area contributed by atoms with Crippen LogP contribution in [0.15, 0.2) is 23.2 Å². The fourth-order valence-corrected chi connectivity index (χ4v) is 1.34. The zero-order chi connectivity index (χ0) is 8.55. The van der Waals surface area contributed by atoms with Gasteiger partial charge in [-0.1, -0.05) is 12.1 Å². The summed E-state index contributed by atoms with van der Waals surface area (Å²) in [6.07, 6.45) is 1.52. The Morgan fingerprint density at radius 3 is 3.00 bits per heavy atom. The highest BCUT2D eigenvalue weighted by Crippen LogP contribution is 1.97. The van der Waals surface area contributed by atoms with Gasteiger partial charge in [0.2, 0.25) is 0 Å². The summed E-state index contributed by atoms with van der Waals surface area (Å²) < 4.78 is 0. The average molecular weight is 180 g/mol. The highest BCUT2D eigenvalue weighted by Gasteiger charge is 2.02. The molecule has 0 fully saturated rings. The fourth-order valence-electron chi connectivity index (χ4n) is 1.18. The van der Waals surface area contributed by atoms with Crippen molar-refractivity contribution >= 4 is 23.6 Å². The van der Waals surface area contributed by atoms with Gasteiger partial charge in [-0.3, -0.25) is 4.79 Å². The molecule has 1 aromatic carbocycles. The van der Waals surface area contributed by atoms with Crippen molar-refractivity contribution in [3.63, 3.8) is 0 Å². The second-order valence-corrected chi connectivity index (χ2v) is 2.89. The zero-order valence-corrected chi connectivity index (χ0v) is 7.01. The molecule has 0 unspecified atom stereocenters. The minimum absolute atomic E-state index is 0.184. The number of nitrogens with zero attached hydrogens (tertiary/aromatic N) is 1. The van der Waals surface area contributed by atoms with E-state index in [0.717, 1.165) is 16.1 Å². The zero-order valence-electron chi connectivity index (χ0n) is 6.25. The highest BCUT2D eigenvalue weighted by atomic mass is 35.5. The number of hydrogen-bond acceptors (Lipinski definition) is 1. The van der Waals surface area contributed by atoms with Crippen LogP contribution in [-0.4, -0.2) is 5.91 Å². The fraction of sp³-hybridized carbons (Fsp3) is 0.111. The molecule has 2 nitrogen and oxygen atoms in total. The summed E-state index contributed by atoms with van der Waals surface area (Å²) >= 11 is 5.63. The van der Waals surface area contributed by atoms with Crippen LogP contribution in [0.3, 0.4) is 0 Å². The van der Waals surface area contributed by atoms with Crippen molar-refractivity contribution in [3.8, 4) is 0 Å². The van der Waals surface area contributed by atoms with Gasteiger partial charge in [0.05, 0.1) is 5.36 Å². The summed E-state index contributed by atoms with van der Waals surface area (Å²) in [5, 5.41) is 1.62. The third-order valence-electron chi connectivity index (χ3n) is 1.76. The Bertz CT molecular complexity index is 450. The number of benzene rings is 1. The smallest absolute Gasteiger partial charge is 0.267 e. The van der Waals surface area contributed by atoms with E-state index in [-0.39, 0.29) is 5.91 Å². The molecule has 12 heavy (non-hydrogen) atoms. The number of hydrogen-bond donors (Lipinski definition) is 0. The van der Waals surface area contributed by atoms with Crippen LogP contribution in [-0.2, 0) is 10.7 Å². The minimum Gasteiger partial charge on any atom is -0.267 e. The lowest BCUT2D eigenvalue weighted by Crippen LogP contribution is -2.21. The van der Waals surface area contributed by atoms with Crippen molar-refractivity contribution in [2.24, 2.45) is 4.99 Å². The Kier molecular flexibility index (Phi) is 1.70. The summed E-state index contributed by atoms with van der Waals surface area (Å²) in [6.45, 7) is 0. The van der Waals surface area contributed by atoms with Crippen LogP contribution in [0.1, 0.15) is 5.56 Å². The van der Waals surface area contributed by atoms with E-state index in [1.807, 2.05) is 18.2 Å². The monoisotopic (exact) mass is 179 g/mol. The van der Waals surface area contributed by atoms with Crippen LogP contribution in [0.4, 0.5) is 0 Å².